The van der Waals surface area contributed by atoms with E-state index in [-0.39, 0.29) is 0 Å². The van der Waals surface area contributed by atoms with Gasteiger partial charge in [-0.2, -0.15) is 0 Å². The van der Waals surface area contributed by atoms with Crippen LogP contribution in [-0.4, -0.2) is 55.4 Å². The molecule has 1 fully saturated rings. The van der Waals surface area contributed by atoms with Crippen LogP contribution in [0.1, 0.15) is 18.4 Å². The zero-order chi connectivity index (χ0) is 13.7. The molecule has 3 heteroatoms. The Kier molecular flexibility index (Phi) is 5.11. The minimum atomic E-state index is 0.385. The highest BCUT2D eigenvalue weighted by Crippen LogP contribution is 2.12. The average molecular weight is 260 g/mol. The standard InChI is InChI=1S/C16H24N2O/c1-17-10-11-18(2)15(13-17)12-16(19)9-8-14-6-4-3-5-7-14/h3-7,15H,8-13H2,1-2H3. The number of ketones is 1. The molecule has 1 aliphatic heterocycles. The first kappa shape index (κ1) is 14.2. The number of benzene rings is 1. The summed E-state index contributed by atoms with van der Waals surface area (Å²) in [7, 11) is 4.26. The molecule has 1 aromatic rings. The van der Waals surface area contributed by atoms with Gasteiger partial charge in [-0.05, 0) is 26.1 Å². The summed E-state index contributed by atoms with van der Waals surface area (Å²) in [5.41, 5.74) is 1.25. The second-order valence-corrected chi connectivity index (χ2v) is 5.63. The number of carbonyl (C=O) groups excluding carboxylic acids is 1. The lowest BCUT2D eigenvalue weighted by molar-refractivity contribution is -0.120. The van der Waals surface area contributed by atoms with Crippen LogP contribution >= 0.6 is 0 Å². The SMILES string of the molecule is CN1CCN(C)C(CC(=O)CCc2ccccc2)C1. The van der Waals surface area contributed by atoms with E-state index in [0.29, 0.717) is 24.7 Å². The van der Waals surface area contributed by atoms with Crippen LogP contribution in [0.5, 0.6) is 0 Å². The minimum Gasteiger partial charge on any atom is -0.304 e. The van der Waals surface area contributed by atoms with E-state index in [1.807, 2.05) is 18.2 Å². The molecule has 0 amide bonds. The van der Waals surface area contributed by atoms with Gasteiger partial charge >= 0.3 is 0 Å². The van der Waals surface area contributed by atoms with Crippen molar-refractivity contribution >= 4 is 5.78 Å². The molecule has 0 aromatic heterocycles. The molecule has 0 spiro atoms. The summed E-state index contributed by atoms with van der Waals surface area (Å²) in [6.07, 6.45) is 2.22. The Balaban J connectivity index is 1.77. The summed E-state index contributed by atoms with van der Waals surface area (Å²) in [4.78, 5) is 16.7. The molecule has 1 aromatic carbocycles. The third-order valence-corrected chi connectivity index (χ3v) is 3.98. The number of hydrogen-bond acceptors (Lipinski definition) is 3. The molecular weight excluding hydrogens is 236 g/mol. The quantitative estimate of drug-likeness (QED) is 0.807. The van der Waals surface area contributed by atoms with Crippen molar-refractivity contribution in [3.63, 3.8) is 0 Å². The highest BCUT2D eigenvalue weighted by molar-refractivity contribution is 5.79. The highest BCUT2D eigenvalue weighted by atomic mass is 16.1. The maximum atomic E-state index is 12.1. The molecule has 0 bridgehead atoms. The molecule has 104 valence electrons. The number of carbonyl (C=O) groups is 1. The highest BCUT2D eigenvalue weighted by Gasteiger charge is 2.24. The molecule has 1 saturated heterocycles. The Morgan fingerprint density at radius 2 is 1.95 bits per heavy atom. The molecule has 1 aliphatic rings. The third kappa shape index (κ3) is 4.44. The van der Waals surface area contributed by atoms with Gasteiger partial charge in [0, 0.05) is 38.5 Å². The summed E-state index contributed by atoms with van der Waals surface area (Å²) in [5.74, 6) is 0.385. The van der Waals surface area contributed by atoms with E-state index < -0.39 is 0 Å². The van der Waals surface area contributed by atoms with E-state index in [4.69, 9.17) is 0 Å². The number of likely N-dealkylation sites (N-methyl/N-ethyl adjacent to an activating group) is 2. The molecule has 0 aliphatic carbocycles. The van der Waals surface area contributed by atoms with Crippen LogP contribution in [0.15, 0.2) is 30.3 Å². The van der Waals surface area contributed by atoms with Crippen LogP contribution in [0, 0.1) is 0 Å². The summed E-state index contributed by atoms with van der Waals surface area (Å²) in [6, 6.07) is 10.6. The van der Waals surface area contributed by atoms with Gasteiger partial charge in [-0.15, -0.1) is 0 Å². The Morgan fingerprint density at radius 1 is 1.21 bits per heavy atom. The van der Waals surface area contributed by atoms with Crippen molar-refractivity contribution in [2.75, 3.05) is 33.7 Å². The van der Waals surface area contributed by atoms with Gasteiger partial charge in [-0.1, -0.05) is 30.3 Å². The van der Waals surface area contributed by atoms with E-state index in [1.165, 1.54) is 5.56 Å². The minimum absolute atomic E-state index is 0.385. The Bertz CT molecular complexity index is 404. The van der Waals surface area contributed by atoms with Crippen molar-refractivity contribution < 1.29 is 4.79 Å². The summed E-state index contributed by atoms with van der Waals surface area (Å²) in [5, 5.41) is 0. The summed E-state index contributed by atoms with van der Waals surface area (Å²) < 4.78 is 0. The summed E-state index contributed by atoms with van der Waals surface area (Å²) >= 11 is 0. The maximum Gasteiger partial charge on any atom is 0.134 e. The second kappa shape index (κ2) is 6.83. The lowest BCUT2D eigenvalue weighted by Crippen LogP contribution is -2.50. The summed E-state index contributed by atoms with van der Waals surface area (Å²) in [6.45, 7) is 3.17. The molecule has 2 rings (SSSR count). The average Bonchev–Trinajstić information content (AvgIpc) is 2.42. The monoisotopic (exact) mass is 260 g/mol. The van der Waals surface area contributed by atoms with Crippen molar-refractivity contribution in [1.82, 2.24) is 9.80 Å². The second-order valence-electron chi connectivity index (χ2n) is 5.63. The van der Waals surface area contributed by atoms with Crippen LogP contribution < -0.4 is 0 Å². The number of nitrogens with zero attached hydrogens (tertiary/aromatic N) is 2. The zero-order valence-electron chi connectivity index (χ0n) is 12.0. The first-order valence-electron chi connectivity index (χ1n) is 7.09. The number of piperazine rings is 1. The first-order valence-corrected chi connectivity index (χ1v) is 7.09. The van der Waals surface area contributed by atoms with Gasteiger partial charge in [0.1, 0.15) is 5.78 Å². The Hall–Kier alpha value is -1.19. The molecule has 0 N–H and O–H groups in total. The molecule has 1 atom stereocenters. The van der Waals surface area contributed by atoms with E-state index in [2.05, 4.69) is 36.0 Å². The van der Waals surface area contributed by atoms with Crippen LogP contribution in [0.4, 0.5) is 0 Å². The topological polar surface area (TPSA) is 23.6 Å². The van der Waals surface area contributed by atoms with Gasteiger partial charge in [0.05, 0.1) is 0 Å². The smallest absolute Gasteiger partial charge is 0.134 e. The Labute approximate surface area is 116 Å². The predicted octanol–water partition coefficient (Wildman–Crippen LogP) is 1.82. The number of aryl methyl sites for hydroxylation is 1. The van der Waals surface area contributed by atoms with Crippen LogP contribution in [0.3, 0.4) is 0 Å². The van der Waals surface area contributed by atoms with Gasteiger partial charge in [-0.25, -0.2) is 0 Å². The van der Waals surface area contributed by atoms with Crippen LogP contribution in [0.2, 0.25) is 0 Å². The fraction of sp³-hybridized carbons (Fsp3) is 0.562. The van der Waals surface area contributed by atoms with E-state index in [9.17, 15) is 4.79 Å². The van der Waals surface area contributed by atoms with Crippen molar-refractivity contribution in [2.24, 2.45) is 0 Å². The lowest BCUT2D eigenvalue weighted by Gasteiger charge is -2.37. The molecule has 3 nitrogen and oxygen atoms in total. The molecular formula is C16H24N2O. The van der Waals surface area contributed by atoms with Gasteiger partial charge in [0.2, 0.25) is 0 Å². The van der Waals surface area contributed by atoms with Crippen molar-refractivity contribution in [3.8, 4) is 0 Å². The van der Waals surface area contributed by atoms with Crippen molar-refractivity contribution in [3.05, 3.63) is 35.9 Å². The predicted molar refractivity (Wildman–Crippen MR) is 78.3 cm³/mol. The zero-order valence-corrected chi connectivity index (χ0v) is 12.0. The van der Waals surface area contributed by atoms with Gasteiger partial charge in [-0.3, -0.25) is 4.79 Å². The van der Waals surface area contributed by atoms with Crippen molar-refractivity contribution in [2.45, 2.75) is 25.3 Å². The molecule has 1 heterocycles. The fourth-order valence-corrected chi connectivity index (χ4v) is 2.62. The van der Waals surface area contributed by atoms with Crippen LogP contribution in [0.25, 0.3) is 0 Å². The fourth-order valence-electron chi connectivity index (χ4n) is 2.62. The number of Topliss-reactive ketones (excluding diaryl/α,β-unsaturated/α-hetero) is 1. The Morgan fingerprint density at radius 3 is 2.68 bits per heavy atom. The largest absolute Gasteiger partial charge is 0.304 e. The molecule has 19 heavy (non-hydrogen) atoms. The number of hydrogen-bond donors (Lipinski definition) is 0. The van der Waals surface area contributed by atoms with Gasteiger partial charge in [0.15, 0.2) is 0 Å². The lowest BCUT2D eigenvalue weighted by atomic mass is 10.0. The normalized spacial score (nSPS) is 21.5. The van der Waals surface area contributed by atoms with Crippen molar-refractivity contribution in [1.29, 1.82) is 0 Å². The van der Waals surface area contributed by atoms with E-state index >= 15 is 0 Å². The number of rotatable bonds is 5. The molecule has 1 unspecified atom stereocenters. The van der Waals surface area contributed by atoms with Gasteiger partial charge in [0.25, 0.3) is 0 Å². The van der Waals surface area contributed by atoms with Gasteiger partial charge < -0.3 is 9.80 Å². The van der Waals surface area contributed by atoms with E-state index in [0.717, 1.165) is 26.1 Å². The molecule has 0 radical (unpaired) electrons. The first-order chi connectivity index (χ1) is 9.15. The van der Waals surface area contributed by atoms with E-state index in [1.54, 1.807) is 0 Å². The molecule has 0 saturated carbocycles. The maximum absolute atomic E-state index is 12.1. The van der Waals surface area contributed by atoms with Crippen LogP contribution in [-0.2, 0) is 11.2 Å². The third-order valence-electron chi connectivity index (χ3n) is 3.98.